The second-order valence-corrected chi connectivity index (χ2v) is 6.51. The monoisotopic (exact) mass is 310 g/mol. The molecular weight excluding hydrogens is 288 g/mol. The number of hydrogen-bond acceptors (Lipinski definition) is 5. The molecule has 0 unspecified atom stereocenters. The molecule has 0 aromatic rings. The summed E-state index contributed by atoms with van der Waals surface area (Å²) in [6, 6.07) is 0. The van der Waals surface area contributed by atoms with E-state index in [1.165, 1.54) is 13.2 Å². The van der Waals surface area contributed by atoms with Crippen molar-refractivity contribution in [3.8, 4) is 0 Å². The van der Waals surface area contributed by atoms with Gasteiger partial charge in [-0.25, -0.2) is 0 Å². The van der Waals surface area contributed by atoms with E-state index < -0.39 is 52.9 Å². The summed E-state index contributed by atoms with van der Waals surface area (Å²) >= 11 is 0. The fourth-order valence-corrected chi connectivity index (χ4v) is 4.30. The summed E-state index contributed by atoms with van der Waals surface area (Å²) in [7, 11) is 1.28. The van der Waals surface area contributed by atoms with Crippen molar-refractivity contribution in [1.82, 2.24) is 0 Å². The van der Waals surface area contributed by atoms with E-state index in [4.69, 9.17) is 4.74 Å². The number of ketones is 1. The number of ether oxygens (including phenoxy) is 1. The van der Waals surface area contributed by atoms with Crippen LogP contribution in [0.3, 0.4) is 0 Å². The summed E-state index contributed by atoms with van der Waals surface area (Å²) in [5.41, 5.74) is -0.714. The lowest BCUT2D eigenvalue weighted by molar-refractivity contribution is -0.173. The Morgan fingerprint density at radius 3 is 2.59 bits per heavy atom. The largest absolute Gasteiger partial charge is 0.481 e. The highest BCUT2D eigenvalue weighted by molar-refractivity contribution is 5.91. The van der Waals surface area contributed by atoms with E-state index in [0.717, 1.165) is 0 Å². The first kappa shape index (κ1) is 16.7. The van der Waals surface area contributed by atoms with E-state index in [2.05, 4.69) is 6.58 Å². The maximum Gasteiger partial charge on any atom is 0.309 e. The molecule has 2 rings (SSSR count). The van der Waals surface area contributed by atoms with Crippen molar-refractivity contribution in [3.05, 3.63) is 12.7 Å². The third-order valence-electron chi connectivity index (χ3n) is 5.52. The molecule has 0 aromatic heterocycles. The molecule has 6 heteroatoms. The van der Waals surface area contributed by atoms with Gasteiger partial charge in [-0.05, 0) is 24.7 Å². The summed E-state index contributed by atoms with van der Waals surface area (Å²) in [6.45, 7) is 5.49. The number of aliphatic hydroxyl groups excluding tert-OH is 1. The SMILES string of the molecule is C=C[C@@H]1[C@H]2C(=O)[C@H](O)C[C@@H](C(=O)OC)[C@]2(C)CC[C@H]1C(=O)O. The van der Waals surface area contributed by atoms with Crippen molar-refractivity contribution >= 4 is 17.7 Å². The molecule has 0 heterocycles. The number of rotatable bonds is 3. The van der Waals surface area contributed by atoms with Gasteiger partial charge in [0.1, 0.15) is 6.10 Å². The Bertz CT molecular complexity index is 513. The first-order valence-electron chi connectivity index (χ1n) is 7.43. The van der Waals surface area contributed by atoms with Crippen LogP contribution in [0.15, 0.2) is 12.7 Å². The number of aliphatic carboxylic acids is 1. The normalized spacial score (nSPS) is 41.4. The Morgan fingerprint density at radius 2 is 2.09 bits per heavy atom. The number of carbonyl (C=O) groups excluding carboxylic acids is 2. The van der Waals surface area contributed by atoms with Crippen LogP contribution in [-0.4, -0.2) is 41.1 Å². The zero-order chi connectivity index (χ0) is 16.7. The molecule has 2 saturated carbocycles. The molecule has 0 radical (unpaired) electrons. The smallest absolute Gasteiger partial charge is 0.309 e. The van der Waals surface area contributed by atoms with Crippen LogP contribution in [0.25, 0.3) is 0 Å². The average molecular weight is 310 g/mol. The molecule has 22 heavy (non-hydrogen) atoms. The number of carboxylic acids is 1. The quantitative estimate of drug-likeness (QED) is 0.596. The predicted octanol–water partition coefficient (Wildman–Crippen LogP) is 1.03. The lowest BCUT2D eigenvalue weighted by atomic mass is 9.49. The summed E-state index contributed by atoms with van der Waals surface area (Å²) in [6.07, 6.45) is 1.04. The minimum Gasteiger partial charge on any atom is -0.481 e. The summed E-state index contributed by atoms with van der Waals surface area (Å²) in [5, 5.41) is 19.4. The highest BCUT2D eigenvalue weighted by Gasteiger charge is 2.60. The highest BCUT2D eigenvalue weighted by atomic mass is 16.5. The number of Topliss-reactive ketones (excluding diaryl/α,β-unsaturated/α-hetero) is 1. The number of fused-ring (bicyclic) bond motifs is 1. The Morgan fingerprint density at radius 1 is 1.45 bits per heavy atom. The Labute approximate surface area is 129 Å². The van der Waals surface area contributed by atoms with Crippen LogP contribution in [0.4, 0.5) is 0 Å². The Hall–Kier alpha value is -1.69. The maximum atomic E-state index is 12.5. The van der Waals surface area contributed by atoms with Gasteiger partial charge in [0, 0.05) is 11.8 Å². The standard InChI is InChI=1S/C16H22O6/c1-4-8-9(14(19)20)5-6-16(2)10(15(21)22-3)7-11(17)13(18)12(8)16/h4,8-12,17H,1,5-7H2,2-3H3,(H,19,20)/t8-,9+,10-,11+,12-,16-/m0/s1. The topological polar surface area (TPSA) is 101 Å². The molecule has 0 saturated heterocycles. The van der Waals surface area contributed by atoms with Crippen molar-refractivity contribution in [2.75, 3.05) is 7.11 Å². The second-order valence-electron chi connectivity index (χ2n) is 6.51. The molecule has 122 valence electrons. The van der Waals surface area contributed by atoms with Crippen molar-refractivity contribution in [1.29, 1.82) is 0 Å². The molecule has 0 amide bonds. The zero-order valence-corrected chi connectivity index (χ0v) is 12.8. The van der Waals surface area contributed by atoms with Gasteiger partial charge in [-0.15, -0.1) is 6.58 Å². The molecule has 2 aliphatic rings. The predicted molar refractivity (Wildman–Crippen MR) is 76.8 cm³/mol. The van der Waals surface area contributed by atoms with E-state index in [-0.39, 0.29) is 6.42 Å². The molecule has 2 aliphatic carbocycles. The molecule has 0 aromatic carbocycles. The first-order chi connectivity index (χ1) is 10.3. The third-order valence-corrected chi connectivity index (χ3v) is 5.52. The van der Waals surface area contributed by atoms with Gasteiger partial charge < -0.3 is 14.9 Å². The van der Waals surface area contributed by atoms with E-state index >= 15 is 0 Å². The molecule has 6 nitrogen and oxygen atoms in total. The number of aliphatic hydroxyl groups is 1. The van der Waals surface area contributed by atoms with Gasteiger partial charge in [-0.1, -0.05) is 13.0 Å². The molecule has 0 bridgehead atoms. The summed E-state index contributed by atoms with van der Waals surface area (Å²) in [4.78, 5) is 36.1. The fourth-order valence-electron chi connectivity index (χ4n) is 4.30. The Balaban J connectivity index is 2.49. The van der Waals surface area contributed by atoms with Gasteiger partial charge >= 0.3 is 11.9 Å². The van der Waals surface area contributed by atoms with Gasteiger partial charge in [-0.2, -0.15) is 0 Å². The maximum absolute atomic E-state index is 12.5. The fraction of sp³-hybridized carbons (Fsp3) is 0.688. The van der Waals surface area contributed by atoms with Crippen LogP contribution in [0.1, 0.15) is 26.2 Å². The number of hydrogen-bond donors (Lipinski definition) is 2. The van der Waals surface area contributed by atoms with E-state index in [9.17, 15) is 24.6 Å². The molecule has 2 fully saturated rings. The van der Waals surface area contributed by atoms with Crippen LogP contribution >= 0.6 is 0 Å². The molecule has 2 N–H and O–H groups in total. The van der Waals surface area contributed by atoms with Gasteiger partial charge in [-0.3, -0.25) is 14.4 Å². The molecule has 6 atom stereocenters. The molecule has 0 spiro atoms. The average Bonchev–Trinajstić information content (AvgIpc) is 2.48. The highest BCUT2D eigenvalue weighted by Crippen LogP contribution is 2.56. The van der Waals surface area contributed by atoms with E-state index in [0.29, 0.717) is 12.8 Å². The molecular formula is C16H22O6. The third kappa shape index (κ3) is 2.35. The van der Waals surface area contributed by atoms with Crippen molar-refractivity contribution in [2.24, 2.45) is 29.1 Å². The van der Waals surface area contributed by atoms with Crippen molar-refractivity contribution in [2.45, 2.75) is 32.3 Å². The van der Waals surface area contributed by atoms with Crippen LogP contribution in [-0.2, 0) is 19.1 Å². The van der Waals surface area contributed by atoms with E-state index in [1.54, 1.807) is 0 Å². The van der Waals surface area contributed by atoms with Gasteiger partial charge in [0.05, 0.1) is 18.9 Å². The number of methoxy groups -OCH3 is 1. The number of carboxylic acid groups (broad SMARTS) is 1. The summed E-state index contributed by atoms with van der Waals surface area (Å²) in [5.74, 6) is -4.49. The minimum absolute atomic E-state index is 0.0279. The van der Waals surface area contributed by atoms with Crippen molar-refractivity contribution in [3.63, 3.8) is 0 Å². The van der Waals surface area contributed by atoms with Gasteiger partial charge in [0.15, 0.2) is 5.78 Å². The van der Waals surface area contributed by atoms with E-state index in [1.807, 2.05) is 6.92 Å². The van der Waals surface area contributed by atoms with Gasteiger partial charge in [0.25, 0.3) is 0 Å². The van der Waals surface area contributed by atoms with Crippen LogP contribution in [0.2, 0.25) is 0 Å². The van der Waals surface area contributed by atoms with Crippen LogP contribution in [0, 0.1) is 29.1 Å². The van der Waals surface area contributed by atoms with Crippen LogP contribution < -0.4 is 0 Å². The number of esters is 1. The van der Waals surface area contributed by atoms with Crippen LogP contribution in [0.5, 0.6) is 0 Å². The Kier molecular flexibility index (Phi) is 4.42. The second kappa shape index (κ2) is 5.83. The first-order valence-corrected chi connectivity index (χ1v) is 7.43. The number of allylic oxidation sites excluding steroid dienone is 1. The molecule has 0 aliphatic heterocycles. The van der Waals surface area contributed by atoms with Gasteiger partial charge in [0.2, 0.25) is 0 Å². The zero-order valence-electron chi connectivity index (χ0n) is 12.8. The van der Waals surface area contributed by atoms with Crippen molar-refractivity contribution < 1.29 is 29.3 Å². The number of carbonyl (C=O) groups is 3. The lowest BCUT2D eigenvalue weighted by Gasteiger charge is -2.53. The summed E-state index contributed by atoms with van der Waals surface area (Å²) < 4.78 is 4.83. The minimum atomic E-state index is -1.27. The lowest BCUT2D eigenvalue weighted by Crippen LogP contribution is -2.58.